The Kier molecular flexibility index (Phi) is 1.16. The van der Waals surface area contributed by atoms with Crippen LogP contribution < -0.4 is 4.84 Å². The lowest BCUT2D eigenvalue weighted by Gasteiger charge is -2.15. The summed E-state index contributed by atoms with van der Waals surface area (Å²) in [4.78, 5) is 9.43. The molecule has 3 heteroatoms. The predicted octanol–water partition coefficient (Wildman–Crippen LogP) is 0.566. The Balaban J connectivity index is 2.45. The molecule has 54 valence electrons. The van der Waals surface area contributed by atoms with Gasteiger partial charge in [-0.15, -0.1) is 0 Å². The van der Waals surface area contributed by atoms with Gasteiger partial charge in [0.1, 0.15) is 12.9 Å². The fourth-order valence-electron chi connectivity index (χ4n) is 1.25. The average molecular weight is 138 g/mol. The maximum absolute atomic E-state index is 5.30. The fourth-order valence-corrected chi connectivity index (χ4v) is 1.25. The van der Waals surface area contributed by atoms with Crippen molar-refractivity contribution >= 4 is 0 Å². The van der Waals surface area contributed by atoms with Crippen molar-refractivity contribution in [3.05, 3.63) is 17.7 Å². The normalized spacial score (nSPS) is 16.1. The van der Waals surface area contributed by atoms with Gasteiger partial charge in [-0.2, -0.15) is 4.73 Å². The highest BCUT2D eigenvalue weighted by Gasteiger charge is 2.11. The highest BCUT2D eigenvalue weighted by molar-refractivity contribution is 5.10. The molecule has 0 N–H and O–H groups in total. The topological polar surface area (TPSA) is 27.1 Å². The van der Waals surface area contributed by atoms with Gasteiger partial charge in [-0.25, -0.2) is 4.98 Å². The average Bonchev–Trinajstić information content (AvgIpc) is 2.34. The summed E-state index contributed by atoms with van der Waals surface area (Å²) in [7, 11) is 0. The van der Waals surface area contributed by atoms with Gasteiger partial charge in [0, 0.05) is 0 Å². The first kappa shape index (κ1) is 5.77. The first-order valence-corrected chi connectivity index (χ1v) is 3.54. The van der Waals surface area contributed by atoms with Crippen molar-refractivity contribution in [2.75, 3.05) is 6.61 Å². The monoisotopic (exact) mass is 138 g/mol. The molecular weight excluding hydrogens is 128 g/mol. The minimum Gasteiger partial charge on any atom is -0.413 e. The van der Waals surface area contributed by atoms with Crippen LogP contribution in [0.4, 0.5) is 0 Å². The zero-order chi connectivity index (χ0) is 6.97. The van der Waals surface area contributed by atoms with Gasteiger partial charge in [0.25, 0.3) is 0 Å². The number of aromatic nitrogens is 2. The summed E-state index contributed by atoms with van der Waals surface area (Å²) >= 11 is 0. The van der Waals surface area contributed by atoms with Crippen LogP contribution in [0.1, 0.15) is 17.8 Å². The van der Waals surface area contributed by atoms with Crippen LogP contribution in [0.15, 0.2) is 6.33 Å². The van der Waals surface area contributed by atoms with Crippen molar-refractivity contribution in [1.29, 1.82) is 0 Å². The Morgan fingerprint density at radius 2 is 2.60 bits per heavy atom. The molecule has 2 heterocycles. The van der Waals surface area contributed by atoms with Gasteiger partial charge in [-0.1, -0.05) is 0 Å². The van der Waals surface area contributed by atoms with Gasteiger partial charge in [-0.05, 0) is 19.8 Å². The smallest absolute Gasteiger partial charge is 0.132 e. The van der Waals surface area contributed by atoms with Crippen molar-refractivity contribution in [2.45, 2.75) is 19.8 Å². The molecule has 0 saturated carbocycles. The van der Waals surface area contributed by atoms with Crippen LogP contribution in [-0.2, 0) is 6.42 Å². The highest BCUT2D eigenvalue weighted by Crippen LogP contribution is 2.10. The zero-order valence-corrected chi connectivity index (χ0v) is 6.00. The Morgan fingerprint density at radius 1 is 1.70 bits per heavy atom. The lowest BCUT2D eigenvalue weighted by Crippen LogP contribution is -2.20. The SMILES string of the molecule is Cc1ncn2c1CCCO2. The predicted molar refractivity (Wildman–Crippen MR) is 36.7 cm³/mol. The zero-order valence-electron chi connectivity index (χ0n) is 6.00. The lowest BCUT2D eigenvalue weighted by molar-refractivity contribution is 0.0816. The molecule has 1 aliphatic heterocycles. The maximum atomic E-state index is 5.30. The van der Waals surface area contributed by atoms with Gasteiger partial charge in [0.15, 0.2) is 0 Å². The summed E-state index contributed by atoms with van der Waals surface area (Å²) in [6.07, 6.45) is 3.96. The maximum Gasteiger partial charge on any atom is 0.132 e. The number of hydrogen-bond donors (Lipinski definition) is 0. The van der Waals surface area contributed by atoms with E-state index in [4.69, 9.17) is 4.84 Å². The van der Waals surface area contributed by atoms with Crippen LogP contribution in [0, 0.1) is 6.92 Å². The highest BCUT2D eigenvalue weighted by atomic mass is 16.7. The number of fused-ring (bicyclic) bond motifs is 1. The van der Waals surface area contributed by atoms with Crippen LogP contribution in [0.25, 0.3) is 0 Å². The molecule has 1 aromatic heterocycles. The third-order valence-electron chi connectivity index (χ3n) is 1.83. The summed E-state index contributed by atoms with van der Waals surface area (Å²) < 4.78 is 1.78. The van der Waals surface area contributed by atoms with E-state index in [9.17, 15) is 0 Å². The van der Waals surface area contributed by atoms with Crippen LogP contribution in [0.5, 0.6) is 0 Å². The van der Waals surface area contributed by atoms with Crippen LogP contribution in [0.3, 0.4) is 0 Å². The van der Waals surface area contributed by atoms with E-state index in [1.807, 2.05) is 6.92 Å². The second kappa shape index (κ2) is 2.01. The van der Waals surface area contributed by atoms with E-state index in [0.29, 0.717) is 0 Å². The standard InChI is InChI=1S/C7H10N2O/c1-6-7-3-2-4-10-9(7)5-8-6/h5H,2-4H2,1H3. The number of nitrogens with zero attached hydrogens (tertiary/aromatic N) is 2. The minimum absolute atomic E-state index is 0.822. The molecule has 0 radical (unpaired) electrons. The molecule has 1 aliphatic rings. The van der Waals surface area contributed by atoms with Crippen LogP contribution in [0.2, 0.25) is 0 Å². The number of rotatable bonds is 0. The van der Waals surface area contributed by atoms with Crippen LogP contribution >= 0.6 is 0 Å². The fraction of sp³-hybridized carbons (Fsp3) is 0.571. The molecule has 0 amide bonds. The van der Waals surface area contributed by atoms with Crippen molar-refractivity contribution < 1.29 is 4.84 Å². The third kappa shape index (κ3) is 0.701. The third-order valence-corrected chi connectivity index (χ3v) is 1.83. The molecule has 0 unspecified atom stereocenters. The van der Waals surface area contributed by atoms with Gasteiger partial charge >= 0.3 is 0 Å². The van der Waals surface area contributed by atoms with Crippen molar-refractivity contribution in [3.8, 4) is 0 Å². The molecule has 1 aromatic rings. The first-order valence-electron chi connectivity index (χ1n) is 3.54. The van der Waals surface area contributed by atoms with Gasteiger partial charge in [-0.3, -0.25) is 0 Å². The lowest BCUT2D eigenvalue weighted by atomic mass is 10.2. The van der Waals surface area contributed by atoms with E-state index in [2.05, 4.69) is 4.98 Å². The molecule has 10 heavy (non-hydrogen) atoms. The van der Waals surface area contributed by atoms with Crippen molar-refractivity contribution in [1.82, 2.24) is 9.71 Å². The molecule has 3 nitrogen and oxygen atoms in total. The van der Waals surface area contributed by atoms with E-state index < -0.39 is 0 Å². The largest absolute Gasteiger partial charge is 0.413 e. The van der Waals surface area contributed by atoms with Gasteiger partial charge < -0.3 is 4.84 Å². The molecule has 2 rings (SSSR count). The van der Waals surface area contributed by atoms with E-state index in [1.54, 1.807) is 11.1 Å². The summed E-state index contributed by atoms with van der Waals surface area (Å²) in [6, 6.07) is 0. The minimum atomic E-state index is 0.822. The Bertz CT molecular complexity index is 242. The summed E-state index contributed by atoms with van der Waals surface area (Å²) in [6.45, 7) is 2.84. The van der Waals surface area contributed by atoms with Gasteiger partial charge in [0.05, 0.1) is 11.4 Å². The molecule has 0 bridgehead atoms. The molecule has 0 atom stereocenters. The van der Waals surface area contributed by atoms with Crippen molar-refractivity contribution in [2.24, 2.45) is 0 Å². The number of aryl methyl sites for hydroxylation is 1. The first-order chi connectivity index (χ1) is 4.88. The van der Waals surface area contributed by atoms with E-state index in [1.165, 1.54) is 5.69 Å². The Hall–Kier alpha value is -0.990. The molecule has 0 saturated heterocycles. The summed E-state index contributed by atoms with van der Waals surface area (Å²) in [5.41, 5.74) is 2.32. The summed E-state index contributed by atoms with van der Waals surface area (Å²) in [5.74, 6) is 0. The van der Waals surface area contributed by atoms with E-state index >= 15 is 0 Å². The quantitative estimate of drug-likeness (QED) is 0.524. The Morgan fingerprint density at radius 3 is 3.40 bits per heavy atom. The number of imidazole rings is 1. The van der Waals surface area contributed by atoms with Crippen LogP contribution in [-0.4, -0.2) is 16.3 Å². The molecule has 0 aromatic carbocycles. The number of hydrogen-bond acceptors (Lipinski definition) is 2. The summed E-state index contributed by atoms with van der Waals surface area (Å²) in [5, 5.41) is 0. The molecule has 0 fully saturated rings. The molecular formula is C7H10N2O. The van der Waals surface area contributed by atoms with E-state index in [-0.39, 0.29) is 0 Å². The Labute approximate surface area is 59.6 Å². The second-order valence-corrected chi connectivity index (χ2v) is 2.54. The molecule has 0 aliphatic carbocycles. The molecule has 0 spiro atoms. The van der Waals surface area contributed by atoms with E-state index in [0.717, 1.165) is 25.1 Å². The van der Waals surface area contributed by atoms with Crippen molar-refractivity contribution in [3.63, 3.8) is 0 Å². The second-order valence-electron chi connectivity index (χ2n) is 2.54. The van der Waals surface area contributed by atoms with Gasteiger partial charge in [0.2, 0.25) is 0 Å².